The summed E-state index contributed by atoms with van der Waals surface area (Å²) in [5.74, 6) is 0.146. The third kappa shape index (κ3) is 4.01. The Balaban J connectivity index is 2.02. The summed E-state index contributed by atoms with van der Waals surface area (Å²) < 4.78 is 26.7. The molecule has 20 heavy (non-hydrogen) atoms. The summed E-state index contributed by atoms with van der Waals surface area (Å²) in [6, 6.07) is 3.87. The van der Waals surface area contributed by atoms with Crippen molar-refractivity contribution in [2.75, 3.05) is 18.8 Å². The van der Waals surface area contributed by atoms with Crippen LogP contribution in [-0.4, -0.2) is 42.6 Å². The van der Waals surface area contributed by atoms with Gasteiger partial charge < -0.3 is 5.73 Å². The lowest BCUT2D eigenvalue weighted by molar-refractivity contribution is 0.329. The van der Waals surface area contributed by atoms with E-state index < -0.39 is 10.0 Å². The zero-order valence-electron chi connectivity index (χ0n) is 11.7. The highest BCUT2D eigenvalue weighted by Crippen LogP contribution is 2.25. The lowest BCUT2D eigenvalue weighted by Crippen LogP contribution is -2.43. The molecule has 0 aromatic carbocycles. The topological polar surface area (TPSA) is 76.3 Å². The minimum Gasteiger partial charge on any atom is -0.329 e. The summed E-state index contributed by atoms with van der Waals surface area (Å²) in [6.45, 7) is 0.814. The van der Waals surface area contributed by atoms with Crippen LogP contribution in [0.2, 0.25) is 0 Å². The van der Waals surface area contributed by atoms with Gasteiger partial charge in [-0.05, 0) is 37.0 Å². The first-order valence-corrected chi connectivity index (χ1v) is 8.83. The number of nitrogens with zero attached hydrogens (tertiary/aromatic N) is 2. The van der Waals surface area contributed by atoms with Gasteiger partial charge in [-0.2, -0.15) is 4.31 Å². The number of aromatic nitrogens is 1. The molecule has 1 saturated carbocycles. The Kier molecular flexibility index (Phi) is 5.51. The Labute approximate surface area is 121 Å². The van der Waals surface area contributed by atoms with Crippen LogP contribution < -0.4 is 5.73 Å². The first-order chi connectivity index (χ1) is 9.63. The number of nitrogens with two attached hydrogens (primary N) is 1. The Hall–Kier alpha value is -0.980. The van der Waals surface area contributed by atoms with Crippen molar-refractivity contribution < 1.29 is 8.42 Å². The SMILES string of the molecule is NCCN(C1CCCC1)S(=O)(=O)CCc1ccncc1. The predicted octanol–water partition coefficient (Wildman–Crippen LogP) is 1.16. The number of hydrogen-bond acceptors (Lipinski definition) is 4. The van der Waals surface area contributed by atoms with Crippen LogP contribution >= 0.6 is 0 Å². The van der Waals surface area contributed by atoms with Crippen molar-refractivity contribution in [1.82, 2.24) is 9.29 Å². The fraction of sp³-hybridized carbons (Fsp3) is 0.643. The fourth-order valence-electron chi connectivity index (χ4n) is 2.78. The maximum atomic E-state index is 12.5. The minimum absolute atomic E-state index is 0.146. The molecule has 0 saturated heterocycles. The molecule has 112 valence electrons. The number of sulfonamides is 1. The highest BCUT2D eigenvalue weighted by atomic mass is 32.2. The van der Waals surface area contributed by atoms with Crippen molar-refractivity contribution >= 4 is 10.0 Å². The van der Waals surface area contributed by atoms with Crippen LogP contribution in [0.1, 0.15) is 31.2 Å². The smallest absolute Gasteiger partial charge is 0.214 e. The zero-order chi connectivity index (χ0) is 14.4. The van der Waals surface area contributed by atoms with Crippen molar-refractivity contribution in [2.24, 2.45) is 5.73 Å². The molecule has 1 heterocycles. The van der Waals surface area contributed by atoms with E-state index in [0.29, 0.717) is 19.5 Å². The number of pyridine rings is 1. The van der Waals surface area contributed by atoms with E-state index in [0.717, 1.165) is 31.2 Å². The summed E-state index contributed by atoms with van der Waals surface area (Å²) >= 11 is 0. The van der Waals surface area contributed by atoms with Gasteiger partial charge >= 0.3 is 0 Å². The van der Waals surface area contributed by atoms with Crippen molar-refractivity contribution in [3.8, 4) is 0 Å². The molecule has 2 rings (SSSR count). The summed E-state index contributed by atoms with van der Waals surface area (Å²) in [5, 5.41) is 0. The molecule has 0 radical (unpaired) electrons. The monoisotopic (exact) mass is 297 g/mol. The molecule has 0 unspecified atom stereocenters. The van der Waals surface area contributed by atoms with Gasteiger partial charge in [-0.3, -0.25) is 4.98 Å². The van der Waals surface area contributed by atoms with Crippen LogP contribution in [0.4, 0.5) is 0 Å². The van der Waals surface area contributed by atoms with E-state index in [1.807, 2.05) is 12.1 Å². The van der Waals surface area contributed by atoms with Crippen LogP contribution in [0.5, 0.6) is 0 Å². The molecule has 0 spiro atoms. The van der Waals surface area contributed by atoms with E-state index in [9.17, 15) is 8.42 Å². The summed E-state index contributed by atoms with van der Waals surface area (Å²) in [6.07, 6.45) is 8.08. The van der Waals surface area contributed by atoms with E-state index in [1.54, 1.807) is 16.7 Å². The van der Waals surface area contributed by atoms with Crippen LogP contribution in [0.3, 0.4) is 0 Å². The normalized spacial score (nSPS) is 16.9. The average molecular weight is 297 g/mol. The van der Waals surface area contributed by atoms with Crippen LogP contribution in [0.25, 0.3) is 0 Å². The second-order valence-corrected chi connectivity index (χ2v) is 7.30. The van der Waals surface area contributed by atoms with E-state index in [4.69, 9.17) is 5.73 Å². The third-order valence-corrected chi connectivity index (χ3v) is 5.75. The lowest BCUT2D eigenvalue weighted by Gasteiger charge is -2.27. The highest BCUT2D eigenvalue weighted by molar-refractivity contribution is 7.89. The van der Waals surface area contributed by atoms with E-state index in [2.05, 4.69) is 4.98 Å². The summed E-state index contributed by atoms with van der Waals surface area (Å²) in [7, 11) is -3.23. The van der Waals surface area contributed by atoms with Gasteiger partial charge in [0.15, 0.2) is 0 Å². The predicted molar refractivity (Wildman–Crippen MR) is 79.7 cm³/mol. The molecule has 1 fully saturated rings. The van der Waals surface area contributed by atoms with Gasteiger partial charge in [0.1, 0.15) is 0 Å². The van der Waals surface area contributed by atoms with Gasteiger partial charge in [0.2, 0.25) is 10.0 Å². The average Bonchev–Trinajstić information content (AvgIpc) is 2.97. The van der Waals surface area contributed by atoms with Crippen molar-refractivity contribution in [3.63, 3.8) is 0 Å². The highest BCUT2D eigenvalue weighted by Gasteiger charge is 2.30. The molecule has 1 aliphatic rings. The van der Waals surface area contributed by atoms with Gasteiger partial charge in [-0.25, -0.2) is 8.42 Å². The zero-order valence-corrected chi connectivity index (χ0v) is 12.6. The fourth-order valence-corrected chi connectivity index (χ4v) is 4.56. The first kappa shape index (κ1) is 15.4. The van der Waals surface area contributed by atoms with E-state index >= 15 is 0 Å². The molecule has 0 bridgehead atoms. The Morgan fingerprint density at radius 3 is 2.50 bits per heavy atom. The van der Waals surface area contributed by atoms with Gasteiger partial charge in [-0.1, -0.05) is 12.8 Å². The standard InChI is InChI=1S/C14H23N3O2S/c15-8-11-17(14-3-1-2-4-14)20(18,19)12-7-13-5-9-16-10-6-13/h5-6,9-10,14H,1-4,7-8,11-12,15H2. The maximum absolute atomic E-state index is 12.5. The summed E-state index contributed by atoms with van der Waals surface area (Å²) in [4.78, 5) is 3.94. The molecule has 1 aliphatic carbocycles. The summed E-state index contributed by atoms with van der Waals surface area (Å²) in [5.41, 5.74) is 6.59. The van der Waals surface area contributed by atoms with Gasteiger partial charge in [0, 0.05) is 31.5 Å². The van der Waals surface area contributed by atoms with Crippen molar-refractivity contribution in [3.05, 3.63) is 30.1 Å². The molecular weight excluding hydrogens is 274 g/mol. The van der Waals surface area contributed by atoms with Gasteiger partial charge in [-0.15, -0.1) is 0 Å². The van der Waals surface area contributed by atoms with Gasteiger partial charge in [0.05, 0.1) is 5.75 Å². The molecule has 1 aromatic heterocycles. The second kappa shape index (κ2) is 7.15. The third-order valence-electron chi connectivity index (χ3n) is 3.84. The largest absolute Gasteiger partial charge is 0.329 e. The van der Waals surface area contributed by atoms with Crippen molar-refractivity contribution in [2.45, 2.75) is 38.1 Å². The quantitative estimate of drug-likeness (QED) is 0.819. The van der Waals surface area contributed by atoms with Gasteiger partial charge in [0.25, 0.3) is 0 Å². The molecule has 6 heteroatoms. The molecule has 0 aliphatic heterocycles. The molecule has 1 aromatic rings. The molecule has 0 atom stereocenters. The maximum Gasteiger partial charge on any atom is 0.214 e. The van der Waals surface area contributed by atoms with E-state index in [1.165, 1.54) is 0 Å². The second-order valence-electron chi connectivity index (χ2n) is 5.26. The first-order valence-electron chi connectivity index (χ1n) is 7.22. The molecule has 2 N–H and O–H groups in total. The van der Waals surface area contributed by atoms with Crippen molar-refractivity contribution in [1.29, 1.82) is 0 Å². The number of rotatable bonds is 7. The molecular formula is C14H23N3O2S. The molecule has 0 amide bonds. The Bertz CT molecular complexity index is 498. The number of hydrogen-bond donors (Lipinski definition) is 1. The Morgan fingerprint density at radius 1 is 1.25 bits per heavy atom. The van der Waals surface area contributed by atoms with Crippen LogP contribution in [0.15, 0.2) is 24.5 Å². The van der Waals surface area contributed by atoms with Crippen LogP contribution in [0, 0.1) is 0 Å². The minimum atomic E-state index is -3.23. The number of aryl methyl sites for hydroxylation is 1. The molecule has 5 nitrogen and oxygen atoms in total. The lowest BCUT2D eigenvalue weighted by atomic mass is 10.2. The van der Waals surface area contributed by atoms with Crippen LogP contribution in [-0.2, 0) is 16.4 Å². The Morgan fingerprint density at radius 2 is 1.90 bits per heavy atom. The van der Waals surface area contributed by atoms with E-state index in [-0.39, 0.29) is 11.8 Å².